The molecule has 0 bridgehead atoms. The van der Waals surface area contributed by atoms with Gasteiger partial charge in [0.05, 0.1) is 4.90 Å². The van der Waals surface area contributed by atoms with Crippen molar-refractivity contribution in [3.63, 3.8) is 0 Å². The quantitative estimate of drug-likeness (QED) is 0.634. The molecule has 0 radical (unpaired) electrons. The van der Waals surface area contributed by atoms with Crippen molar-refractivity contribution in [1.82, 2.24) is 4.31 Å². The highest BCUT2D eigenvalue weighted by molar-refractivity contribution is 7.89. The zero-order chi connectivity index (χ0) is 17.9. The summed E-state index contributed by atoms with van der Waals surface area (Å²) >= 11 is 0. The van der Waals surface area contributed by atoms with Gasteiger partial charge in [-0.1, -0.05) is 37.3 Å². The lowest BCUT2D eigenvalue weighted by Gasteiger charge is -2.22. The van der Waals surface area contributed by atoms with E-state index in [1.807, 2.05) is 37.3 Å². The first-order valence-corrected chi connectivity index (χ1v) is 9.52. The average Bonchev–Trinajstić information content (AvgIpc) is 2.61. The van der Waals surface area contributed by atoms with Crippen molar-refractivity contribution in [3.05, 3.63) is 76.6 Å². The normalized spacial score (nSPS) is 11.9. The van der Waals surface area contributed by atoms with Crippen molar-refractivity contribution in [2.24, 2.45) is 0 Å². The lowest BCUT2D eigenvalue weighted by molar-refractivity contribution is 0.405. The lowest BCUT2D eigenvalue weighted by atomic mass is 10.2. The summed E-state index contributed by atoms with van der Waals surface area (Å²) in [5, 5.41) is 0.580. The molecule has 0 saturated carbocycles. The fourth-order valence-corrected chi connectivity index (χ4v) is 4.24. The molecule has 0 aliphatic heterocycles. The molecular weight excluding hydrogens is 338 g/mol. The van der Waals surface area contributed by atoms with Crippen LogP contribution in [0.2, 0.25) is 0 Å². The van der Waals surface area contributed by atoms with E-state index >= 15 is 0 Å². The van der Waals surface area contributed by atoms with Gasteiger partial charge in [0.15, 0.2) is 0 Å². The Balaban J connectivity index is 1.99. The van der Waals surface area contributed by atoms with E-state index in [9.17, 15) is 13.2 Å². The van der Waals surface area contributed by atoms with E-state index in [1.165, 1.54) is 22.5 Å². The number of benzene rings is 2. The Kier molecular flexibility index (Phi) is 5.01. The molecule has 1 heterocycles. The molecule has 5 nitrogen and oxygen atoms in total. The Morgan fingerprint density at radius 2 is 1.76 bits per heavy atom. The molecule has 0 unspecified atom stereocenters. The summed E-state index contributed by atoms with van der Waals surface area (Å²) in [6, 6.07) is 16.9. The monoisotopic (exact) mass is 357 g/mol. The lowest BCUT2D eigenvalue weighted by Crippen LogP contribution is -2.31. The van der Waals surface area contributed by atoms with Crippen LogP contribution in [0.25, 0.3) is 11.0 Å². The van der Waals surface area contributed by atoms with Gasteiger partial charge in [-0.2, -0.15) is 4.31 Å². The number of sulfonamides is 1. The van der Waals surface area contributed by atoms with E-state index in [0.29, 0.717) is 30.5 Å². The van der Waals surface area contributed by atoms with Gasteiger partial charge >= 0.3 is 5.63 Å². The van der Waals surface area contributed by atoms with Crippen molar-refractivity contribution in [2.45, 2.75) is 24.8 Å². The van der Waals surface area contributed by atoms with E-state index in [1.54, 1.807) is 12.1 Å². The van der Waals surface area contributed by atoms with Gasteiger partial charge in [0.1, 0.15) is 5.58 Å². The van der Waals surface area contributed by atoms with Gasteiger partial charge in [0.2, 0.25) is 10.0 Å². The van der Waals surface area contributed by atoms with Crippen LogP contribution >= 0.6 is 0 Å². The molecule has 0 fully saturated rings. The minimum Gasteiger partial charge on any atom is -0.423 e. The second-order valence-electron chi connectivity index (χ2n) is 5.78. The van der Waals surface area contributed by atoms with Gasteiger partial charge < -0.3 is 4.42 Å². The summed E-state index contributed by atoms with van der Waals surface area (Å²) < 4.78 is 32.7. The van der Waals surface area contributed by atoms with E-state index in [0.717, 1.165) is 5.56 Å². The first kappa shape index (κ1) is 17.4. The van der Waals surface area contributed by atoms with E-state index < -0.39 is 15.6 Å². The summed E-state index contributed by atoms with van der Waals surface area (Å²) in [7, 11) is -3.65. The van der Waals surface area contributed by atoms with E-state index in [-0.39, 0.29) is 4.90 Å². The Bertz CT molecular complexity index is 1030. The number of hydrogen-bond donors (Lipinski definition) is 0. The van der Waals surface area contributed by atoms with Crippen molar-refractivity contribution < 1.29 is 12.8 Å². The second-order valence-corrected chi connectivity index (χ2v) is 7.72. The van der Waals surface area contributed by atoms with Crippen LogP contribution in [-0.4, -0.2) is 19.3 Å². The molecule has 3 aromatic rings. The van der Waals surface area contributed by atoms with Crippen LogP contribution in [0.1, 0.15) is 18.9 Å². The van der Waals surface area contributed by atoms with Crippen LogP contribution in [0.5, 0.6) is 0 Å². The summed E-state index contributed by atoms with van der Waals surface area (Å²) in [6.45, 7) is 2.70. The highest BCUT2D eigenvalue weighted by atomic mass is 32.2. The van der Waals surface area contributed by atoms with Crippen molar-refractivity contribution in [2.75, 3.05) is 6.54 Å². The molecule has 0 saturated heterocycles. The molecule has 0 amide bonds. The molecule has 0 atom stereocenters. The van der Waals surface area contributed by atoms with Crippen LogP contribution in [-0.2, 0) is 16.6 Å². The second kappa shape index (κ2) is 7.21. The number of rotatable bonds is 6. The number of hydrogen-bond acceptors (Lipinski definition) is 4. The van der Waals surface area contributed by atoms with Gasteiger partial charge in [-0.15, -0.1) is 0 Å². The SMILES string of the molecule is CCCN(Cc1ccccc1)S(=O)(=O)c1ccc2oc(=O)ccc2c1. The first-order valence-electron chi connectivity index (χ1n) is 8.08. The summed E-state index contributed by atoms with van der Waals surface area (Å²) in [5.41, 5.74) is 0.850. The minimum absolute atomic E-state index is 0.193. The molecular formula is C19H19NO4S. The maximum absolute atomic E-state index is 13.1. The van der Waals surface area contributed by atoms with E-state index in [2.05, 4.69) is 0 Å². The van der Waals surface area contributed by atoms with Gasteiger partial charge in [0.25, 0.3) is 0 Å². The molecule has 25 heavy (non-hydrogen) atoms. The zero-order valence-electron chi connectivity index (χ0n) is 13.9. The molecule has 2 aromatic carbocycles. The Labute approximate surface area is 146 Å². The molecule has 0 aliphatic carbocycles. The Morgan fingerprint density at radius 1 is 1.00 bits per heavy atom. The number of nitrogens with zero attached hydrogens (tertiary/aromatic N) is 1. The van der Waals surface area contributed by atoms with Crippen molar-refractivity contribution in [3.8, 4) is 0 Å². The molecule has 0 N–H and O–H groups in total. The van der Waals surface area contributed by atoms with Gasteiger partial charge in [-0.05, 0) is 36.2 Å². The van der Waals surface area contributed by atoms with Gasteiger partial charge in [-0.25, -0.2) is 13.2 Å². The smallest absolute Gasteiger partial charge is 0.336 e. The highest BCUT2D eigenvalue weighted by Gasteiger charge is 2.24. The fourth-order valence-electron chi connectivity index (χ4n) is 2.68. The molecule has 3 rings (SSSR count). The first-order chi connectivity index (χ1) is 12.0. The topological polar surface area (TPSA) is 67.6 Å². The molecule has 0 aliphatic rings. The van der Waals surface area contributed by atoms with Crippen LogP contribution in [0.15, 0.2) is 74.8 Å². The summed E-state index contributed by atoms with van der Waals surface area (Å²) in [5.74, 6) is 0. The summed E-state index contributed by atoms with van der Waals surface area (Å²) in [6.07, 6.45) is 0.717. The summed E-state index contributed by atoms with van der Waals surface area (Å²) in [4.78, 5) is 11.5. The largest absolute Gasteiger partial charge is 0.423 e. The minimum atomic E-state index is -3.65. The van der Waals surface area contributed by atoms with E-state index in [4.69, 9.17) is 4.42 Å². The third-order valence-corrected chi connectivity index (χ3v) is 5.74. The molecule has 0 spiro atoms. The van der Waals surface area contributed by atoms with Crippen LogP contribution in [0, 0.1) is 0 Å². The number of fused-ring (bicyclic) bond motifs is 1. The Hall–Kier alpha value is -2.44. The van der Waals surface area contributed by atoms with Crippen molar-refractivity contribution in [1.29, 1.82) is 0 Å². The van der Waals surface area contributed by atoms with Crippen molar-refractivity contribution >= 4 is 21.0 Å². The van der Waals surface area contributed by atoms with Gasteiger partial charge in [0, 0.05) is 24.5 Å². The third kappa shape index (κ3) is 3.81. The fraction of sp³-hybridized carbons (Fsp3) is 0.211. The predicted molar refractivity (Wildman–Crippen MR) is 96.8 cm³/mol. The third-order valence-electron chi connectivity index (χ3n) is 3.90. The van der Waals surface area contributed by atoms with Gasteiger partial charge in [-0.3, -0.25) is 0 Å². The molecule has 1 aromatic heterocycles. The molecule has 6 heteroatoms. The van der Waals surface area contributed by atoms with Crippen LogP contribution in [0.3, 0.4) is 0 Å². The standard InChI is InChI=1S/C19H19NO4S/c1-2-12-20(14-15-6-4-3-5-7-15)25(22,23)17-9-10-18-16(13-17)8-11-19(21)24-18/h3-11,13H,2,12,14H2,1H3. The zero-order valence-corrected chi connectivity index (χ0v) is 14.7. The maximum atomic E-state index is 13.1. The highest BCUT2D eigenvalue weighted by Crippen LogP contribution is 2.23. The maximum Gasteiger partial charge on any atom is 0.336 e. The average molecular weight is 357 g/mol. The molecule has 130 valence electrons. The Morgan fingerprint density at radius 3 is 2.48 bits per heavy atom. The van der Waals surface area contributed by atoms with Crippen LogP contribution in [0.4, 0.5) is 0 Å². The predicted octanol–water partition coefficient (Wildman–Crippen LogP) is 3.39. The van der Waals surface area contributed by atoms with Crippen LogP contribution < -0.4 is 5.63 Å².